The van der Waals surface area contributed by atoms with E-state index >= 15 is 0 Å². The molecule has 7 heteroatoms. The van der Waals surface area contributed by atoms with Gasteiger partial charge in [0.2, 0.25) is 5.91 Å². The molecular formula is C22H26N2O4S. The molecule has 3 unspecified atom stereocenters. The van der Waals surface area contributed by atoms with E-state index in [0.29, 0.717) is 23.8 Å². The van der Waals surface area contributed by atoms with Crippen molar-refractivity contribution < 1.29 is 19.0 Å². The smallest absolute Gasteiger partial charge is 0.224 e. The fourth-order valence-electron chi connectivity index (χ4n) is 4.50. The van der Waals surface area contributed by atoms with E-state index in [4.69, 9.17) is 14.2 Å². The lowest BCUT2D eigenvalue weighted by atomic mass is 9.73. The number of hydrogen-bond donors (Lipinski definition) is 1. The van der Waals surface area contributed by atoms with Gasteiger partial charge in [0, 0.05) is 24.1 Å². The molecule has 3 atom stereocenters. The lowest BCUT2D eigenvalue weighted by Gasteiger charge is -2.39. The van der Waals surface area contributed by atoms with E-state index in [-0.39, 0.29) is 22.5 Å². The zero-order valence-electron chi connectivity index (χ0n) is 16.9. The second-order valence-electron chi connectivity index (χ2n) is 7.37. The highest BCUT2D eigenvalue weighted by molar-refractivity contribution is 8.01. The number of methoxy groups -OCH3 is 3. The minimum absolute atomic E-state index is 0.0445. The van der Waals surface area contributed by atoms with Crippen LogP contribution in [-0.2, 0) is 11.3 Å². The number of carbonyl (C=O) groups is 1. The van der Waals surface area contributed by atoms with Crippen LogP contribution in [-0.4, -0.2) is 44.0 Å². The van der Waals surface area contributed by atoms with Crippen LogP contribution in [0.4, 0.5) is 0 Å². The van der Waals surface area contributed by atoms with Gasteiger partial charge in [0.1, 0.15) is 17.2 Å². The Morgan fingerprint density at radius 1 is 1.24 bits per heavy atom. The largest absolute Gasteiger partial charge is 0.496 e. The summed E-state index contributed by atoms with van der Waals surface area (Å²) in [6.45, 7) is 0.340. The van der Waals surface area contributed by atoms with Gasteiger partial charge < -0.3 is 19.5 Å². The lowest BCUT2D eigenvalue weighted by molar-refractivity contribution is -0.126. The summed E-state index contributed by atoms with van der Waals surface area (Å²) in [5, 5.41) is 3.12. The van der Waals surface area contributed by atoms with Crippen molar-refractivity contribution in [1.82, 2.24) is 5.32 Å². The van der Waals surface area contributed by atoms with Gasteiger partial charge in [0.15, 0.2) is 0 Å². The third kappa shape index (κ3) is 3.41. The second-order valence-corrected chi connectivity index (χ2v) is 8.72. The molecule has 1 aliphatic carbocycles. The summed E-state index contributed by atoms with van der Waals surface area (Å²) in [7, 11) is 4.80. The predicted molar refractivity (Wildman–Crippen MR) is 115 cm³/mol. The molecule has 3 aliphatic rings. The number of ether oxygens (including phenoxy) is 3. The van der Waals surface area contributed by atoms with Crippen molar-refractivity contribution in [3.8, 4) is 17.2 Å². The molecule has 2 heterocycles. The zero-order chi connectivity index (χ0) is 20.4. The average Bonchev–Trinajstić information content (AvgIpc) is 3.14. The number of amides is 1. The van der Waals surface area contributed by atoms with Crippen LogP contribution in [0, 0.1) is 11.8 Å². The molecule has 1 spiro atoms. The first-order chi connectivity index (χ1) is 14.1. The molecule has 2 aliphatic heterocycles. The number of aliphatic imine (C=N–C) groups is 1. The highest BCUT2D eigenvalue weighted by Crippen LogP contribution is 2.57. The highest BCUT2D eigenvalue weighted by atomic mass is 32.2. The number of nitrogens with one attached hydrogen (secondary N) is 1. The fraction of sp³-hybridized carbons (Fsp3) is 0.455. The number of hydrogen-bond acceptors (Lipinski definition) is 6. The van der Waals surface area contributed by atoms with E-state index in [9.17, 15) is 4.79 Å². The van der Waals surface area contributed by atoms with Gasteiger partial charge in [-0.2, -0.15) is 0 Å². The van der Waals surface area contributed by atoms with E-state index in [0.717, 1.165) is 29.9 Å². The molecule has 1 aromatic rings. The second kappa shape index (κ2) is 8.14. The molecule has 0 bridgehead atoms. The Labute approximate surface area is 175 Å². The molecule has 1 fully saturated rings. The van der Waals surface area contributed by atoms with Crippen molar-refractivity contribution in [1.29, 1.82) is 0 Å². The quantitative estimate of drug-likeness (QED) is 0.773. The SMILES string of the molecule is COc1cc(OC)c(CNC(=O)C2CSC34CC=CC=C3N=CCC24)c(OC)c1. The zero-order valence-corrected chi connectivity index (χ0v) is 17.8. The summed E-state index contributed by atoms with van der Waals surface area (Å²) < 4.78 is 16.2. The van der Waals surface area contributed by atoms with E-state index in [2.05, 4.69) is 28.5 Å². The summed E-state index contributed by atoms with van der Waals surface area (Å²) in [5.41, 5.74) is 1.91. The predicted octanol–water partition coefficient (Wildman–Crippen LogP) is 3.36. The van der Waals surface area contributed by atoms with Crippen molar-refractivity contribution in [2.45, 2.75) is 24.1 Å². The highest BCUT2D eigenvalue weighted by Gasteiger charge is 2.54. The summed E-state index contributed by atoms with van der Waals surface area (Å²) in [6, 6.07) is 3.60. The molecule has 1 N–H and O–H groups in total. The number of nitrogens with zero attached hydrogens (tertiary/aromatic N) is 1. The molecule has 1 saturated heterocycles. The maximum atomic E-state index is 13.2. The molecule has 6 nitrogen and oxygen atoms in total. The number of rotatable bonds is 6. The van der Waals surface area contributed by atoms with E-state index < -0.39 is 0 Å². The first kappa shape index (κ1) is 19.9. The Morgan fingerprint density at radius 3 is 2.69 bits per heavy atom. The standard InChI is InChI=1S/C22H26N2O4S/c1-26-14-10-18(27-2)15(19(11-14)28-3)12-24-21(25)16-13-29-22-8-5-4-6-20(22)23-9-7-17(16)22/h4-6,9-11,16-17H,7-8,12-13H2,1-3H3,(H,24,25). The van der Waals surface area contributed by atoms with Crippen molar-refractivity contribution >= 4 is 23.9 Å². The van der Waals surface area contributed by atoms with Gasteiger partial charge in [-0.25, -0.2) is 0 Å². The molecule has 29 heavy (non-hydrogen) atoms. The number of benzene rings is 1. The number of carbonyl (C=O) groups excluding carboxylic acids is 1. The third-order valence-corrected chi connectivity index (χ3v) is 7.75. The monoisotopic (exact) mass is 414 g/mol. The van der Waals surface area contributed by atoms with Gasteiger partial charge in [0.05, 0.1) is 49.8 Å². The van der Waals surface area contributed by atoms with Crippen LogP contribution in [0.2, 0.25) is 0 Å². The van der Waals surface area contributed by atoms with Crippen molar-refractivity contribution in [3.05, 3.63) is 41.6 Å². The average molecular weight is 415 g/mol. The van der Waals surface area contributed by atoms with Gasteiger partial charge in [-0.15, -0.1) is 11.8 Å². The van der Waals surface area contributed by atoms with Gasteiger partial charge in [-0.3, -0.25) is 9.79 Å². The van der Waals surface area contributed by atoms with Crippen molar-refractivity contribution in [3.63, 3.8) is 0 Å². The Hall–Kier alpha value is -2.41. The molecule has 1 amide bonds. The van der Waals surface area contributed by atoms with Crippen LogP contribution in [0.25, 0.3) is 0 Å². The normalized spacial score (nSPS) is 26.9. The van der Waals surface area contributed by atoms with Gasteiger partial charge in [-0.1, -0.05) is 12.2 Å². The summed E-state index contributed by atoms with van der Waals surface area (Å²) in [4.78, 5) is 17.8. The number of thioether (sulfide) groups is 1. The third-order valence-electron chi connectivity index (χ3n) is 6.03. The van der Waals surface area contributed by atoms with E-state index in [1.165, 1.54) is 0 Å². The maximum absolute atomic E-state index is 13.2. The van der Waals surface area contributed by atoms with E-state index in [1.807, 2.05) is 18.0 Å². The minimum Gasteiger partial charge on any atom is -0.496 e. The van der Waals surface area contributed by atoms with Gasteiger partial charge >= 0.3 is 0 Å². The summed E-state index contributed by atoms with van der Waals surface area (Å²) >= 11 is 1.88. The summed E-state index contributed by atoms with van der Waals surface area (Å²) in [5.74, 6) is 3.01. The molecule has 4 rings (SSSR count). The van der Waals surface area contributed by atoms with Crippen molar-refractivity contribution in [2.75, 3.05) is 27.1 Å². The summed E-state index contributed by atoms with van der Waals surface area (Å²) in [6.07, 6.45) is 10.1. The Balaban J connectivity index is 1.51. The van der Waals surface area contributed by atoms with E-state index in [1.54, 1.807) is 33.5 Å². The molecule has 0 saturated carbocycles. The van der Waals surface area contributed by atoms with Crippen LogP contribution in [0.3, 0.4) is 0 Å². The molecule has 1 aromatic carbocycles. The Morgan fingerprint density at radius 2 is 2.00 bits per heavy atom. The minimum atomic E-state index is -0.0546. The van der Waals surface area contributed by atoms with Crippen LogP contribution in [0.1, 0.15) is 18.4 Å². The van der Waals surface area contributed by atoms with Crippen LogP contribution >= 0.6 is 11.8 Å². The molecule has 0 radical (unpaired) electrons. The molecule has 154 valence electrons. The van der Waals surface area contributed by atoms with Crippen LogP contribution in [0.15, 0.2) is 41.1 Å². The Bertz CT molecular complexity index is 870. The molecule has 0 aromatic heterocycles. The maximum Gasteiger partial charge on any atom is 0.224 e. The van der Waals surface area contributed by atoms with Gasteiger partial charge in [0.25, 0.3) is 0 Å². The molecular weight excluding hydrogens is 388 g/mol. The first-order valence-corrected chi connectivity index (χ1v) is 10.7. The fourth-order valence-corrected chi connectivity index (χ4v) is 6.32. The van der Waals surface area contributed by atoms with Crippen LogP contribution in [0.5, 0.6) is 17.2 Å². The van der Waals surface area contributed by atoms with Gasteiger partial charge in [-0.05, 0) is 24.8 Å². The Kier molecular flexibility index (Phi) is 5.58. The van der Waals surface area contributed by atoms with Crippen molar-refractivity contribution in [2.24, 2.45) is 16.8 Å². The number of allylic oxidation sites excluding steroid dienone is 3. The first-order valence-electron chi connectivity index (χ1n) is 9.73. The lowest BCUT2D eigenvalue weighted by Crippen LogP contribution is -2.43. The van der Waals surface area contributed by atoms with Crippen LogP contribution < -0.4 is 19.5 Å². The topological polar surface area (TPSA) is 69.2 Å².